The van der Waals surface area contributed by atoms with Crippen LogP contribution < -0.4 is 0 Å². The summed E-state index contributed by atoms with van der Waals surface area (Å²) < 4.78 is 0. The Morgan fingerprint density at radius 2 is 2.23 bits per heavy atom. The van der Waals surface area contributed by atoms with Crippen LogP contribution in [0.5, 0.6) is 0 Å². The van der Waals surface area contributed by atoms with Crippen molar-refractivity contribution in [2.45, 2.75) is 39.7 Å². The van der Waals surface area contributed by atoms with Crippen LogP contribution in [0.4, 0.5) is 0 Å². The smallest absolute Gasteiger partial charge is 0.101 e. The van der Waals surface area contributed by atoms with E-state index < -0.39 is 5.60 Å². The van der Waals surface area contributed by atoms with Gasteiger partial charge in [-0.2, -0.15) is 0 Å². The highest BCUT2D eigenvalue weighted by Gasteiger charge is 2.23. The van der Waals surface area contributed by atoms with Crippen LogP contribution in [0.15, 0.2) is 17.4 Å². The summed E-state index contributed by atoms with van der Waals surface area (Å²) in [6.07, 6.45) is 7.82. The van der Waals surface area contributed by atoms with Gasteiger partial charge in [0.05, 0.1) is 0 Å². The molecule has 0 saturated carbocycles. The molecule has 72 valence electrons. The molecule has 0 bridgehead atoms. The van der Waals surface area contributed by atoms with Crippen LogP contribution in [0.25, 0.3) is 0 Å². The van der Waals surface area contributed by atoms with Crippen molar-refractivity contribution in [3.8, 4) is 12.3 Å². The lowest BCUT2D eigenvalue weighted by Crippen LogP contribution is -2.28. The summed E-state index contributed by atoms with van der Waals surface area (Å²) in [5, 5.41) is 9.85. The molecule has 0 heterocycles. The monoisotopic (exact) mass is 178 g/mol. The summed E-state index contributed by atoms with van der Waals surface area (Å²) in [6.45, 7) is 7.55. The zero-order chi connectivity index (χ0) is 10.5. The molecule has 1 heteroatoms. The van der Waals surface area contributed by atoms with Gasteiger partial charge in [-0.1, -0.05) is 6.92 Å². The minimum absolute atomic E-state index is 0.190. The third-order valence-corrected chi connectivity index (χ3v) is 2.27. The second-order valence-electron chi connectivity index (χ2n) is 3.54. The fraction of sp³-hybridized carbons (Fsp3) is 0.583. The first kappa shape index (κ1) is 12.0. The van der Waals surface area contributed by atoms with Gasteiger partial charge in [-0.3, -0.25) is 0 Å². The number of hydrogen-bond acceptors (Lipinski definition) is 1. The van der Waals surface area contributed by atoms with Crippen LogP contribution in [-0.2, 0) is 0 Å². The summed E-state index contributed by atoms with van der Waals surface area (Å²) in [6, 6.07) is 0. The quantitative estimate of drug-likeness (QED) is 0.520. The Balaban J connectivity index is 4.71. The van der Waals surface area contributed by atoms with Gasteiger partial charge in [-0.05, 0) is 38.8 Å². The van der Waals surface area contributed by atoms with Crippen molar-refractivity contribution in [3.05, 3.63) is 17.4 Å². The standard InChI is InChI=1S/C12H18O/c1-6-10(3)8-9-12(5,13)11(4)7-2/h2,9,11,13H,6H2,1,3-5H3. The van der Waals surface area contributed by atoms with Gasteiger partial charge in [0.2, 0.25) is 0 Å². The first-order valence-corrected chi connectivity index (χ1v) is 4.55. The maximum Gasteiger partial charge on any atom is 0.101 e. The van der Waals surface area contributed by atoms with Gasteiger partial charge in [0.15, 0.2) is 0 Å². The molecule has 0 spiro atoms. The summed E-state index contributed by atoms with van der Waals surface area (Å²) in [5.74, 6) is 2.33. The zero-order valence-corrected chi connectivity index (χ0v) is 8.89. The van der Waals surface area contributed by atoms with Crippen molar-refractivity contribution in [2.75, 3.05) is 0 Å². The lowest BCUT2D eigenvalue weighted by molar-refractivity contribution is 0.0784. The molecule has 2 unspecified atom stereocenters. The second-order valence-corrected chi connectivity index (χ2v) is 3.54. The number of terminal acetylenes is 1. The summed E-state index contributed by atoms with van der Waals surface area (Å²) in [5.41, 5.74) is 3.20. The average Bonchev–Trinajstić information content (AvgIpc) is 2.12. The molecule has 0 aliphatic rings. The molecule has 0 aromatic rings. The largest absolute Gasteiger partial charge is 0.384 e. The molecule has 1 nitrogen and oxygen atoms in total. The fourth-order valence-electron chi connectivity index (χ4n) is 0.665. The molecule has 0 aliphatic heterocycles. The van der Waals surface area contributed by atoms with E-state index in [1.54, 1.807) is 13.0 Å². The highest BCUT2D eigenvalue weighted by Crippen LogP contribution is 2.17. The Hall–Kier alpha value is -0.960. The summed E-state index contributed by atoms with van der Waals surface area (Å²) in [4.78, 5) is 0. The minimum atomic E-state index is -0.953. The van der Waals surface area contributed by atoms with Crippen LogP contribution in [0.1, 0.15) is 34.1 Å². The van der Waals surface area contributed by atoms with E-state index in [2.05, 4.69) is 18.6 Å². The number of rotatable bonds is 3. The molecule has 0 radical (unpaired) electrons. The van der Waals surface area contributed by atoms with Crippen LogP contribution in [0, 0.1) is 18.3 Å². The molecule has 0 aliphatic carbocycles. The predicted molar refractivity (Wildman–Crippen MR) is 56.2 cm³/mol. The first-order chi connectivity index (χ1) is 5.94. The van der Waals surface area contributed by atoms with Crippen molar-refractivity contribution in [1.29, 1.82) is 0 Å². The predicted octanol–water partition coefficient (Wildman–Crippen LogP) is 2.52. The van der Waals surface area contributed by atoms with Gasteiger partial charge in [-0.25, -0.2) is 0 Å². The van der Waals surface area contributed by atoms with Crippen LogP contribution in [0.3, 0.4) is 0 Å². The van der Waals surface area contributed by atoms with Gasteiger partial charge < -0.3 is 5.11 Å². The van der Waals surface area contributed by atoms with Crippen molar-refractivity contribution < 1.29 is 5.11 Å². The number of hydrogen-bond donors (Lipinski definition) is 1. The molecule has 0 aromatic heterocycles. The zero-order valence-electron chi connectivity index (χ0n) is 8.89. The summed E-state index contributed by atoms with van der Waals surface area (Å²) >= 11 is 0. The molecule has 1 N–H and O–H groups in total. The Kier molecular flexibility index (Phi) is 4.56. The molecule has 2 atom stereocenters. The van der Waals surface area contributed by atoms with Gasteiger partial charge in [0.1, 0.15) is 5.60 Å². The number of aliphatic hydroxyl groups is 1. The van der Waals surface area contributed by atoms with E-state index in [0.29, 0.717) is 0 Å². The maximum absolute atomic E-state index is 9.85. The Morgan fingerprint density at radius 3 is 2.62 bits per heavy atom. The van der Waals surface area contributed by atoms with Crippen LogP contribution in [-0.4, -0.2) is 10.7 Å². The highest BCUT2D eigenvalue weighted by atomic mass is 16.3. The third-order valence-electron chi connectivity index (χ3n) is 2.27. The van der Waals surface area contributed by atoms with Crippen molar-refractivity contribution in [3.63, 3.8) is 0 Å². The maximum atomic E-state index is 9.85. The van der Waals surface area contributed by atoms with Crippen LogP contribution >= 0.6 is 0 Å². The van der Waals surface area contributed by atoms with Gasteiger partial charge in [0.25, 0.3) is 0 Å². The van der Waals surface area contributed by atoms with Crippen LogP contribution in [0.2, 0.25) is 0 Å². The Labute approximate surface area is 81.2 Å². The Morgan fingerprint density at radius 1 is 1.69 bits per heavy atom. The molecule has 13 heavy (non-hydrogen) atoms. The van der Waals surface area contributed by atoms with Crippen molar-refractivity contribution >= 4 is 0 Å². The van der Waals surface area contributed by atoms with E-state index in [-0.39, 0.29) is 5.92 Å². The first-order valence-electron chi connectivity index (χ1n) is 4.55. The third kappa shape index (κ3) is 3.99. The molecule has 0 aromatic carbocycles. The second kappa shape index (κ2) is 4.92. The van der Waals surface area contributed by atoms with E-state index in [9.17, 15) is 5.11 Å². The fourth-order valence-corrected chi connectivity index (χ4v) is 0.665. The average molecular weight is 178 g/mol. The lowest BCUT2D eigenvalue weighted by Gasteiger charge is -2.21. The minimum Gasteiger partial charge on any atom is -0.384 e. The lowest BCUT2D eigenvalue weighted by atomic mass is 9.91. The molecule has 0 amide bonds. The molecular weight excluding hydrogens is 160 g/mol. The van der Waals surface area contributed by atoms with Gasteiger partial charge in [-0.15, -0.1) is 18.1 Å². The van der Waals surface area contributed by atoms with E-state index in [1.807, 2.05) is 13.8 Å². The van der Waals surface area contributed by atoms with Gasteiger partial charge >= 0.3 is 0 Å². The topological polar surface area (TPSA) is 20.2 Å². The van der Waals surface area contributed by atoms with E-state index in [4.69, 9.17) is 6.42 Å². The summed E-state index contributed by atoms with van der Waals surface area (Å²) in [7, 11) is 0. The van der Waals surface area contributed by atoms with E-state index in [1.165, 1.54) is 0 Å². The van der Waals surface area contributed by atoms with E-state index >= 15 is 0 Å². The molecule has 0 saturated heterocycles. The van der Waals surface area contributed by atoms with Crippen molar-refractivity contribution in [1.82, 2.24) is 0 Å². The molecule has 0 rings (SSSR count). The Bertz CT molecular complexity index is 259. The SMILES string of the molecule is C#CC(C)C(C)(O)C=C=C(C)CC. The highest BCUT2D eigenvalue weighted by molar-refractivity contribution is 5.11. The molecular formula is C12H18O. The van der Waals surface area contributed by atoms with Crippen molar-refractivity contribution in [2.24, 2.45) is 5.92 Å². The van der Waals surface area contributed by atoms with E-state index in [0.717, 1.165) is 12.0 Å². The van der Waals surface area contributed by atoms with Gasteiger partial charge in [0, 0.05) is 5.92 Å². The normalized spacial score (nSPS) is 16.3. The molecule has 0 fully saturated rings.